The number of nitrogens with one attached hydrogen (secondary N) is 2. The van der Waals surface area contributed by atoms with E-state index in [0.717, 1.165) is 17.1 Å². The zero-order chi connectivity index (χ0) is 17.8. The van der Waals surface area contributed by atoms with Gasteiger partial charge in [0.05, 0.1) is 24.2 Å². The van der Waals surface area contributed by atoms with Crippen LogP contribution in [0.15, 0.2) is 61.2 Å². The van der Waals surface area contributed by atoms with Crippen LogP contribution in [-0.4, -0.2) is 42.6 Å². The summed E-state index contributed by atoms with van der Waals surface area (Å²) < 4.78 is 1.90. The first-order valence-electron chi connectivity index (χ1n) is 8.17. The molecule has 130 valence electrons. The van der Waals surface area contributed by atoms with Crippen LogP contribution < -0.4 is 10.6 Å². The quantitative estimate of drug-likeness (QED) is 0.492. The predicted molar refractivity (Wildman–Crippen MR) is 99.3 cm³/mol. The van der Waals surface area contributed by atoms with E-state index < -0.39 is 0 Å². The molecule has 0 fully saturated rings. The van der Waals surface area contributed by atoms with E-state index in [-0.39, 0.29) is 6.61 Å². The number of anilines is 3. The highest BCUT2D eigenvalue weighted by molar-refractivity contribution is 5.69. The van der Waals surface area contributed by atoms with Crippen LogP contribution >= 0.6 is 0 Å². The highest BCUT2D eigenvalue weighted by Crippen LogP contribution is 2.23. The van der Waals surface area contributed by atoms with Crippen molar-refractivity contribution >= 4 is 23.1 Å². The zero-order valence-corrected chi connectivity index (χ0v) is 13.9. The van der Waals surface area contributed by atoms with E-state index in [1.165, 1.54) is 0 Å². The lowest BCUT2D eigenvalue weighted by Crippen LogP contribution is -2.08. The maximum Gasteiger partial charge on any atom is 0.227 e. The van der Waals surface area contributed by atoms with Crippen molar-refractivity contribution in [1.82, 2.24) is 24.3 Å². The van der Waals surface area contributed by atoms with Gasteiger partial charge in [0.2, 0.25) is 5.95 Å². The third-order valence-corrected chi connectivity index (χ3v) is 3.78. The summed E-state index contributed by atoms with van der Waals surface area (Å²) in [5.74, 6) is 1.13. The summed E-state index contributed by atoms with van der Waals surface area (Å²) in [6.45, 7) is 0.435. The van der Waals surface area contributed by atoms with Gasteiger partial charge in [-0.25, -0.2) is 19.9 Å². The first-order chi connectivity index (χ1) is 12.8. The molecule has 26 heavy (non-hydrogen) atoms. The molecular formula is C18H17N7O. The lowest BCUT2D eigenvalue weighted by Gasteiger charge is -2.07. The van der Waals surface area contributed by atoms with E-state index in [1.54, 1.807) is 18.6 Å². The van der Waals surface area contributed by atoms with Gasteiger partial charge in [0, 0.05) is 30.8 Å². The largest absolute Gasteiger partial charge is 0.395 e. The van der Waals surface area contributed by atoms with Crippen LogP contribution in [0.3, 0.4) is 0 Å². The number of para-hydroxylation sites is 1. The zero-order valence-electron chi connectivity index (χ0n) is 13.9. The average molecular weight is 347 g/mol. The smallest absolute Gasteiger partial charge is 0.227 e. The molecule has 1 aromatic carbocycles. The normalized spacial score (nSPS) is 10.8. The molecule has 0 bridgehead atoms. The minimum Gasteiger partial charge on any atom is -0.395 e. The first-order valence-corrected chi connectivity index (χ1v) is 8.17. The molecule has 0 saturated carbocycles. The lowest BCUT2D eigenvalue weighted by atomic mass is 10.3. The van der Waals surface area contributed by atoms with Gasteiger partial charge in [0.15, 0.2) is 11.5 Å². The number of fused-ring (bicyclic) bond motifs is 1. The van der Waals surface area contributed by atoms with Crippen LogP contribution in [0.4, 0.5) is 17.5 Å². The van der Waals surface area contributed by atoms with Crippen molar-refractivity contribution in [3.05, 3.63) is 61.2 Å². The van der Waals surface area contributed by atoms with Gasteiger partial charge in [-0.1, -0.05) is 18.2 Å². The van der Waals surface area contributed by atoms with Crippen LogP contribution in [0.2, 0.25) is 0 Å². The number of hydrogen-bond donors (Lipinski definition) is 3. The SMILES string of the molecule is OCCNc1nccn2c(-c3ccnc(Nc4ccccc4)n3)cnc12. The minimum atomic E-state index is 0.0245. The molecular weight excluding hydrogens is 330 g/mol. The molecule has 0 spiro atoms. The number of aliphatic hydroxyl groups is 1. The molecule has 0 amide bonds. The molecule has 8 heteroatoms. The summed E-state index contributed by atoms with van der Waals surface area (Å²) in [7, 11) is 0. The molecule has 3 heterocycles. The number of rotatable bonds is 6. The Morgan fingerprint density at radius 1 is 1.00 bits per heavy atom. The van der Waals surface area contributed by atoms with Crippen molar-refractivity contribution in [1.29, 1.82) is 0 Å². The van der Waals surface area contributed by atoms with Crippen molar-refractivity contribution in [2.24, 2.45) is 0 Å². The van der Waals surface area contributed by atoms with Crippen LogP contribution in [0.25, 0.3) is 17.0 Å². The Labute approximate surface area is 149 Å². The van der Waals surface area contributed by atoms with Crippen molar-refractivity contribution in [3.63, 3.8) is 0 Å². The molecule has 0 unspecified atom stereocenters. The molecule has 0 atom stereocenters. The molecule has 4 aromatic rings. The Bertz CT molecular complexity index is 1020. The second-order valence-electron chi connectivity index (χ2n) is 5.52. The van der Waals surface area contributed by atoms with Crippen LogP contribution in [0.1, 0.15) is 0 Å². The monoisotopic (exact) mass is 347 g/mol. The fourth-order valence-corrected chi connectivity index (χ4v) is 2.62. The molecule has 0 aliphatic heterocycles. The maximum absolute atomic E-state index is 8.99. The predicted octanol–water partition coefficient (Wildman–Crippen LogP) is 2.33. The fourth-order valence-electron chi connectivity index (χ4n) is 2.62. The van der Waals surface area contributed by atoms with Crippen molar-refractivity contribution in [2.45, 2.75) is 0 Å². The number of nitrogens with zero attached hydrogens (tertiary/aromatic N) is 5. The Morgan fingerprint density at radius 2 is 1.88 bits per heavy atom. The van der Waals surface area contributed by atoms with E-state index >= 15 is 0 Å². The summed E-state index contributed by atoms with van der Waals surface area (Å²) in [6.07, 6.45) is 6.96. The van der Waals surface area contributed by atoms with Gasteiger partial charge in [-0.2, -0.15) is 0 Å². The molecule has 4 rings (SSSR count). The van der Waals surface area contributed by atoms with Gasteiger partial charge in [-0.05, 0) is 18.2 Å². The van der Waals surface area contributed by atoms with Gasteiger partial charge >= 0.3 is 0 Å². The van der Waals surface area contributed by atoms with Gasteiger partial charge in [-0.15, -0.1) is 0 Å². The summed E-state index contributed by atoms with van der Waals surface area (Å²) in [5, 5.41) is 15.2. The van der Waals surface area contributed by atoms with Crippen LogP contribution in [0.5, 0.6) is 0 Å². The molecule has 0 aliphatic rings. The molecule has 8 nitrogen and oxygen atoms in total. The summed E-state index contributed by atoms with van der Waals surface area (Å²) in [6, 6.07) is 11.6. The Kier molecular flexibility index (Phi) is 4.40. The van der Waals surface area contributed by atoms with Crippen molar-refractivity contribution in [3.8, 4) is 11.4 Å². The number of benzene rings is 1. The highest BCUT2D eigenvalue weighted by Gasteiger charge is 2.12. The van der Waals surface area contributed by atoms with Crippen molar-refractivity contribution < 1.29 is 5.11 Å². The second kappa shape index (κ2) is 7.16. The molecule has 3 aromatic heterocycles. The van der Waals surface area contributed by atoms with Gasteiger partial charge in [0.25, 0.3) is 0 Å². The molecule has 0 aliphatic carbocycles. The van der Waals surface area contributed by atoms with Crippen LogP contribution in [-0.2, 0) is 0 Å². The third-order valence-electron chi connectivity index (χ3n) is 3.78. The maximum atomic E-state index is 8.99. The van der Waals surface area contributed by atoms with E-state index in [1.807, 2.05) is 47.0 Å². The Balaban J connectivity index is 1.68. The second-order valence-corrected chi connectivity index (χ2v) is 5.52. The summed E-state index contributed by atoms with van der Waals surface area (Å²) >= 11 is 0. The Hall–Kier alpha value is -3.52. The average Bonchev–Trinajstić information content (AvgIpc) is 3.12. The van der Waals surface area contributed by atoms with E-state index in [2.05, 4.69) is 30.6 Å². The lowest BCUT2D eigenvalue weighted by molar-refractivity contribution is 0.311. The summed E-state index contributed by atoms with van der Waals surface area (Å²) in [4.78, 5) is 17.6. The number of aromatic nitrogens is 5. The number of imidazole rings is 1. The van der Waals surface area contributed by atoms with Gasteiger partial charge < -0.3 is 15.7 Å². The standard InChI is InChI=1S/C18H17N7O/c26-11-9-20-16-17-22-12-15(25(17)10-8-19-16)14-6-7-21-18(24-14)23-13-4-2-1-3-5-13/h1-8,10,12,26H,9,11H2,(H,19,20)(H,21,23,24). The van der Waals surface area contributed by atoms with E-state index in [9.17, 15) is 0 Å². The fraction of sp³-hybridized carbons (Fsp3) is 0.111. The topological polar surface area (TPSA) is 100 Å². The summed E-state index contributed by atoms with van der Waals surface area (Å²) in [5.41, 5.74) is 3.16. The van der Waals surface area contributed by atoms with Crippen LogP contribution in [0, 0.1) is 0 Å². The van der Waals surface area contributed by atoms with E-state index in [4.69, 9.17) is 5.11 Å². The minimum absolute atomic E-state index is 0.0245. The van der Waals surface area contributed by atoms with Crippen molar-refractivity contribution in [2.75, 3.05) is 23.8 Å². The first kappa shape index (κ1) is 16.0. The van der Waals surface area contributed by atoms with Gasteiger partial charge in [0.1, 0.15) is 0 Å². The molecule has 0 radical (unpaired) electrons. The van der Waals surface area contributed by atoms with Gasteiger partial charge in [-0.3, -0.25) is 4.40 Å². The highest BCUT2D eigenvalue weighted by atomic mass is 16.3. The Morgan fingerprint density at radius 3 is 2.73 bits per heavy atom. The number of hydrogen-bond acceptors (Lipinski definition) is 7. The van der Waals surface area contributed by atoms with E-state index in [0.29, 0.717) is 24.0 Å². The molecule has 0 saturated heterocycles. The number of aliphatic hydroxyl groups excluding tert-OH is 1. The molecule has 3 N–H and O–H groups in total. The third kappa shape index (κ3) is 3.17.